The lowest BCUT2D eigenvalue weighted by Gasteiger charge is -2.24. The number of ether oxygens (including phenoxy) is 3. The molecule has 0 spiro atoms. The number of allylic oxidation sites excluding steroid dienone is 1. The number of methoxy groups -OCH3 is 2. The molecule has 162 valence electrons. The normalized spacial score (nSPS) is 17.8. The molecule has 0 heterocycles. The average Bonchev–Trinajstić information content (AvgIpc) is 3.23. The monoisotopic (exact) mass is 422 g/mol. The second kappa shape index (κ2) is 9.60. The van der Waals surface area contributed by atoms with Gasteiger partial charge in [0, 0.05) is 11.5 Å². The van der Waals surface area contributed by atoms with Gasteiger partial charge in [-0.05, 0) is 61.6 Å². The Bertz CT molecular complexity index is 986. The van der Waals surface area contributed by atoms with Gasteiger partial charge in [-0.2, -0.15) is 0 Å². The Morgan fingerprint density at radius 1 is 0.774 bits per heavy atom. The summed E-state index contributed by atoms with van der Waals surface area (Å²) >= 11 is 0. The first kappa shape index (κ1) is 22.3. The minimum Gasteiger partial charge on any atom is -0.465 e. The Kier molecular flexibility index (Phi) is 6.90. The van der Waals surface area contributed by atoms with E-state index < -0.39 is 11.9 Å². The van der Waals surface area contributed by atoms with Crippen molar-refractivity contribution in [3.63, 3.8) is 0 Å². The molecule has 0 aliphatic heterocycles. The number of carbonyl (C=O) groups is 3. The highest BCUT2D eigenvalue weighted by Gasteiger charge is 2.36. The minimum atomic E-state index is -0.414. The molecule has 0 saturated carbocycles. The molecule has 0 bridgehead atoms. The molecule has 1 aliphatic carbocycles. The van der Waals surface area contributed by atoms with Crippen molar-refractivity contribution in [3.05, 3.63) is 82.4 Å². The maximum Gasteiger partial charge on any atom is 0.337 e. The summed E-state index contributed by atoms with van der Waals surface area (Å²) < 4.78 is 15.0. The van der Waals surface area contributed by atoms with Crippen LogP contribution in [0.5, 0.6) is 0 Å². The van der Waals surface area contributed by atoms with Crippen molar-refractivity contribution in [3.8, 4) is 0 Å². The Hall–Kier alpha value is -3.41. The van der Waals surface area contributed by atoms with Crippen LogP contribution in [0.2, 0.25) is 0 Å². The Labute approximate surface area is 181 Å². The van der Waals surface area contributed by atoms with Gasteiger partial charge in [0.25, 0.3) is 0 Å². The van der Waals surface area contributed by atoms with Gasteiger partial charge >= 0.3 is 17.9 Å². The Morgan fingerprint density at radius 2 is 1.26 bits per heavy atom. The van der Waals surface area contributed by atoms with E-state index in [0.29, 0.717) is 23.1 Å². The van der Waals surface area contributed by atoms with Crippen molar-refractivity contribution in [1.29, 1.82) is 0 Å². The molecule has 0 fully saturated rings. The van der Waals surface area contributed by atoms with E-state index in [0.717, 1.165) is 11.1 Å². The van der Waals surface area contributed by atoms with Gasteiger partial charge in [0.1, 0.15) is 0 Å². The largest absolute Gasteiger partial charge is 0.465 e. The molecule has 0 radical (unpaired) electrons. The summed E-state index contributed by atoms with van der Waals surface area (Å²) in [4.78, 5) is 36.3. The van der Waals surface area contributed by atoms with Crippen LogP contribution in [0.3, 0.4) is 0 Å². The second-order valence-electron chi connectivity index (χ2n) is 7.66. The predicted molar refractivity (Wildman–Crippen MR) is 115 cm³/mol. The first-order valence-corrected chi connectivity index (χ1v) is 10.1. The molecule has 0 N–H and O–H groups in total. The topological polar surface area (TPSA) is 78.9 Å². The molecular formula is C25H26O6. The fourth-order valence-electron chi connectivity index (χ4n) is 3.90. The molecule has 0 saturated heterocycles. The lowest BCUT2D eigenvalue weighted by molar-refractivity contribution is -0.142. The number of hydrogen-bond acceptors (Lipinski definition) is 6. The number of hydrogen-bond donors (Lipinski definition) is 0. The summed E-state index contributed by atoms with van der Waals surface area (Å²) in [5.74, 6) is -1.40. The maximum atomic E-state index is 12.8. The van der Waals surface area contributed by atoms with Crippen molar-refractivity contribution >= 4 is 17.9 Å². The highest BCUT2D eigenvalue weighted by Crippen LogP contribution is 2.46. The van der Waals surface area contributed by atoms with Crippen LogP contribution >= 0.6 is 0 Å². The van der Waals surface area contributed by atoms with Crippen molar-refractivity contribution in [1.82, 2.24) is 0 Å². The van der Waals surface area contributed by atoms with Crippen LogP contribution in [-0.2, 0) is 19.0 Å². The van der Waals surface area contributed by atoms with E-state index in [-0.39, 0.29) is 23.9 Å². The van der Waals surface area contributed by atoms with E-state index in [9.17, 15) is 14.4 Å². The lowest BCUT2D eigenvalue weighted by atomic mass is 9.80. The van der Waals surface area contributed by atoms with Gasteiger partial charge in [-0.15, -0.1) is 0 Å². The molecule has 3 rings (SSSR count). The van der Waals surface area contributed by atoms with Crippen LogP contribution in [0.1, 0.15) is 63.9 Å². The van der Waals surface area contributed by atoms with Gasteiger partial charge in [0.05, 0.1) is 31.5 Å². The molecule has 2 aromatic rings. The third-order valence-corrected chi connectivity index (χ3v) is 5.36. The molecule has 1 aliphatic rings. The molecule has 6 heteroatoms. The zero-order valence-electron chi connectivity index (χ0n) is 18.1. The standard InChI is InChI=1S/C25H26O6/c1-15(2)31-25(28)21-14-13-20(16-5-9-18(10-6-16)23(26)29-3)22(21)17-7-11-19(12-8-17)24(27)30-4/h5-12,14-15,20,22H,13H2,1-4H3/t20-,22+/m0/s1. The molecule has 0 amide bonds. The summed E-state index contributed by atoms with van der Waals surface area (Å²) in [7, 11) is 2.68. The zero-order valence-corrected chi connectivity index (χ0v) is 18.1. The van der Waals surface area contributed by atoms with Crippen LogP contribution in [0, 0.1) is 0 Å². The number of esters is 3. The summed E-state index contributed by atoms with van der Waals surface area (Å²) in [5, 5.41) is 0. The van der Waals surface area contributed by atoms with Crippen LogP contribution in [0.4, 0.5) is 0 Å². The fraction of sp³-hybridized carbons (Fsp3) is 0.320. The van der Waals surface area contributed by atoms with Crippen LogP contribution in [-0.4, -0.2) is 38.2 Å². The number of carbonyl (C=O) groups excluding carboxylic acids is 3. The smallest absolute Gasteiger partial charge is 0.337 e. The number of rotatable bonds is 6. The SMILES string of the molecule is COC(=O)c1ccc([C@H]2C(C(=O)OC(C)C)=CC[C@H]2c2ccc(C(=O)OC)cc2)cc1. The molecule has 31 heavy (non-hydrogen) atoms. The van der Waals surface area contributed by atoms with Gasteiger partial charge in [-0.1, -0.05) is 30.3 Å². The zero-order chi connectivity index (χ0) is 22.5. The van der Waals surface area contributed by atoms with Gasteiger partial charge < -0.3 is 14.2 Å². The third-order valence-electron chi connectivity index (χ3n) is 5.36. The predicted octanol–water partition coefficient (Wildman–Crippen LogP) is 4.41. The van der Waals surface area contributed by atoms with Crippen LogP contribution in [0.15, 0.2) is 60.2 Å². The van der Waals surface area contributed by atoms with Gasteiger partial charge in [-0.3, -0.25) is 0 Å². The molecule has 0 unspecified atom stereocenters. The Balaban J connectivity index is 1.96. The van der Waals surface area contributed by atoms with Crippen LogP contribution < -0.4 is 0 Å². The van der Waals surface area contributed by atoms with Crippen molar-refractivity contribution in [2.24, 2.45) is 0 Å². The van der Waals surface area contributed by atoms with E-state index in [1.54, 1.807) is 24.3 Å². The van der Waals surface area contributed by atoms with E-state index in [2.05, 4.69) is 0 Å². The van der Waals surface area contributed by atoms with Crippen molar-refractivity contribution in [2.75, 3.05) is 14.2 Å². The first-order valence-electron chi connectivity index (χ1n) is 10.1. The quantitative estimate of drug-likeness (QED) is 0.507. The van der Waals surface area contributed by atoms with Crippen LogP contribution in [0.25, 0.3) is 0 Å². The van der Waals surface area contributed by atoms with E-state index >= 15 is 0 Å². The summed E-state index contributed by atoms with van der Waals surface area (Å²) in [6.45, 7) is 3.63. The second-order valence-corrected chi connectivity index (χ2v) is 7.66. The van der Waals surface area contributed by atoms with E-state index in [4.69, 9.17) is 14.2 Å². The molecule has 6 nitrogen and oxygen atoms in total. The van der Waals surface area contributed by atoms with Gasteiger partial charge in [-0.25, -0.2) is 14.4 Å². The van der Waals surface area contributed by atoms with Crippen molar-refractivity contribution < 1.29 is 28.6 Å². The molecular weight excluding hydrogens is 396 g/mol. The maximum absolute atomic E-state index is 12.8. The number of benzene rings is 2. The fourth-order valence-corrected chi connectivity index (χ4v) is 3.90. The van der Waals surface area contributed by atoms with Gasteiger partial charge in [0.15, 0.2) is 0 Å². The molecule has 2 aromatic carbocycles. The minimum absolute atomic E-state index is 0.00890. The highest BCUT2D eigenvalue weighted by atomic mass is 16.5. The van der Waals surface area contributed by atoms with E-state index in [1.165, 1.54) is 14.2 Å². The van der Waals surface area contributed by atoms with Crippen molar-refractivity contribution in [2.45, 2.75) is 38.2 Å². The van der Waals surface area contributed by atoms with Gasteiger partial charge in [0.2, 0.25) is 0 Å². The highest BCUT2D eigenvalue weighted by molar-refractivity contribution is 5.92. The van der Waals surface area contributed by atoms with E-state index in [1.807, 2.05) is 44.2 Å². The molecule has 2 atom stereocenters. The summed E-state index contributed by atoms with van der Waals surface area (Å²) in [6, 6.07) is 14.3. The molecule has 0 aromatic heterocycles. The Morgan fingerprint density at radius 3 is 1.71 bits per heavy atom. The summed E-state index contributed by atoms with van der Waals surface area (Å²) in [6.07, 6.45) is 2.35. The summed E-state index contributed by atoms with van der Waals surface area (Å²) in [5.41, 5.74) is 3.41. The lowest BCUT2D eigenvalue weighted by Crippen LogP contribution is -2.19. The third kappa shape index (κ3) is 4.85. The average molecular weight is 422 g/mol. The first-order chi connectivity index (χ1) is 14.8.